The van der Waals surface area contributed by atoms with Gasteiger partial charge in [0.25, 0.3) is 5.91 Å². The predicted molar refractivity (Wildman–Crippen MR) is 99.7 cm³/mol. The normalized spacial score (nSPS) is 11.4. The molecule has 0 atom stereocenters. The number of benzene rings is 1. The zero-order valence-electron chi connectivity index (χ0n) is 15.7. The number of nitrogens with zero attached hydrogens (tertiary/aromatic N) is 1. The Bertz CT molecular complexity index is 948. The summed E-state index contributed by atoms with van der Waals surface area (Å²) in [6, 6.07) is 8.04. The largest absolute Gasteiger partial charge is 0.466 e. The summed E-state index contributed by atoms with van der Waals surface area (Å²) in [5, 5.41) is 5.13. The van der Waals surface area contributed by atoms with E-state index >= 15 is 0 Å². The van der Waals surface area contributed by atoms with Crippen LogP contribution in [0.4, 0.5) is 0 Å². The second-order valence-electron chi connectivity index (χ2n) is 6.18. The van der Waals surface area contributed by atoms with Crippen molar-refractivity contribution in [3.8, 4) is 0 Å². The van der Waals surface area contributed by atoms with Gasteiger partial charge in [-0.25, -0.2) is 12.7 Å². The van der Waals surface area contributed by atoms with E-state index in [1.165, 1.54) is 20.2 Å². The number of sulfonamides is 1. The first-order chi connectivity index (χ1) is 12.6. The second kappa shape index (κ2) is 8.36. The van der Waals surface area contributed by atoms with Crippen molar-refractivity contribution in [2.24, 2.45) is 0 Å². The molecule has 0 bridgehead atoms. The lowest BCUT2D eigenvalue weighted by Crippen LogP contribution is -2.37. The lowest BCUT2D eigenvalue weighted by molar-refractivity contribution is -0.120. The highest BCUT2D eigenvalue weighted by Gasteiger charge is 2.21. The number of hydrogen-bond acceptors (Lipinski definition) is 5. The second-order valence-corrected chi connectivity index (χ2v) is 8.30. The third-order valence-electron chi connectivity index (χ3n) is 3.90. The van der Waals surface area contributed by atoms with Crippen LogP contribution in [0, 0.1) is 13.8 Å². The Kier molecular flexibility index (Phi) is 6.40. The highest BCUT2D eigenvalue weighted by molar-refractivity contribution is 7.89. The molecule has 2 aromatic rings. The third-order valence-corrected chi connectivity index (χ3v) is 5.82. The molecular formula is C18H23N3O5S. The Morgan fingerprint density at radius 3 is 2.37 bits per heavy atom. The van der Waals surface area contributed by atoms with Crippen molar-refractivity contribution in [2.75, 3.05) is 20.6 Å². The van der Waals surface area contributed by atoms with E-state index in [4.69, 9.17) is 4.42 Å². The van der Waals surface area contributed by atoms with E-state index in [2.05, 4.69) is 10.6 Å². The van der Waals surface area contributed by atoms with Gasteiger partial charge in [-0.1, -0.05) is 18.2 Å². The first-order valence-electron chi connectivity index (χ1n) is 8.25. The summed E-state index contributed by atoms with van der Waals surface area (Å²) in [5.74, 6) is 0.252. The van der Waals surface area contributed by atoms with E-state index in [1.54, 1.807) is 38.1 Å². The molecule has 2 N–H and O–H groups in total. The molecule has 0 spiro atoms. The number of carbonyl (C=O) groups excluding carboxylic acids is 2. The fraction of sp³-hybridized carbons (Fsp3) is 0.333. The van der Waals surface area contributed by atoms with Crippen molar-refractivity contribution in [3.05, 3.63) is 53.0 Å². The molecule has 1 aromatic heterocycles. The summed E-state index contributed by atoms with van der Waals surface area (Å²) in [5.41, 5.74) is 0.843. The van der Waals surface area contributed by atoms with Gasteiger partial charge < -0.3 is 15.1 Å². The van der Waals surface area contributed by atoms with Crippen molar-refractivity contribution in [1.82, 2.24) is 14.9 Å². The predicted octanol–water partition coefficient (Wildman–Crippen LogP) is 1.19. The van der Waals surface area contributed by atoms with Gasteiger partial charge in [-0.15, -0.1) is 0 Å². The highest BCUT2D eigenvalue weighted by atomic mass is 32.2. The molecule has 146 valence electrons. The van der Waals surface area contributed by atoms with E-state index in [0.29, 0.717) is 22.6 Å². The number of nitrogens with one attached hydrogen (secondary N) is 2. The average Bonchev–Trinajstić information content (AvgIpc) is 2.96. The van der Waals surface area contributed by atoms with Gasteiger partial charge in [-0.05, 0) is 31.5 Å². The van der Waals surface area contributed by atoms with Crippen LogP contribution in [0.1, 0.15) is 27.4 Å². The quantitative estimate of drug-likeness (QED) is 0.735. The van der Waals surface area contributed by atoms with Gasteiger partial charge in [0.15, 0.2) is 0 Å². The summed E-state index contributed by atoms with van der Waals surface area (Å²) in [7, 11) is -0.729. The first-order valence-corrected chi connectivity index (χ1v) is 9.69. The molecule has 0 saturated carbocycles. The Morgan fingerprint density at radius 2 is 1.78 bits per heavy atom. The Labute approximate surface area is 158 Å². The third kappa shape index (κ3) is 4.95. The molecule has 0 saturated heterocycles. The summed E-state index contributed by atoms with van der Waals surface area (Å²) in [4.78, 5) is 24.2. The maximum Gasteiger partial charge on any atom is 0.255 e. The van der Waals surface area contributed by atoms with Crippen molar-refractivity contribution < 1.29 is 22.4 Å². The van der Waals surface area contributed by atoms with Crippen LogP contribution < -0.4 is 10.6 Å². The minimum atomic E-state index is -3.62. The van der Waals surface area contributed by atoms with Gasteiger partial charge in [0, 0.05) is 20.6 Å². The van der Waals surface area contributed by atoms with Crippen molar-refractivity contribution in [2.45, 2.75) is 25.3 Å². The SMILES string of the molecule is Cc1cc(C(=O)NCC(=O)NCc2ccccc2S(=O)(=O)N(C)C)c(C)o1. The van der Waals surface area contributed by atoms with Crippen LogP contribution in [0.25, 0.3) is 0 Å². The first kappa shape index (κ1) is 20.7. The minimum Gasteiger partial charge on any atom is -0.466 e. The Hall–Kier alpha value is -2.65. The molecule has 9 heteroatoms. The molecule has 0 radical (unpaired) electrons. The van der Waals surface area contributed by atoms with Gasteiger partial charge in [0.1, 0.15) is 11.5 Å². The number of aryl methyl sites for hydroxylation is 2. The lowest BCUT2D eigenvalue weighted by atomic mass is 10.2. The average molecular weight is 393 g/mol. The fourth-order valence-electron chi connectivity index (χ4n) is 2.47. The molecule has 0 unspecified atom stereocenters. The van der Waals surface area contributed by atoms with E-state index in [1.807, 2.05) is 0 Å². The van der Waals surface area contributed by atoms with E-state index in [9.17, 15) is 18.0 Å². The molecule has 0 aliphatic heterocycles. The van der Waals surface area contributed by atoms with Crippen LogP contribution >= 0.6 is 0 Å². The zero-order chi connectivity index (χ0) is 20.2. The van der Waals surface area contributed by atoms with Gasteiger partial charge in [-0.3, -0.25) is 9.59 Å². The summed E-state index contributed by atoms with van der Waals surface area (Å²) in [6.07, 6.45) is 0. The highest BCUT2D eigenvalue weighted by Crippen LogP contribution is 2.18. The smallest absolute Gasteiger partial charge is 0.255 e. The number of rotatable bonds is 7. The van der Waals surface area contributed by atoms with Gasteiger partial charge in [-0.2, -0.15) is 0 Å². The summed E-state index contributed by atoms with van der Waals surface area (Å²) < 4.78 is 31.1. The Balaban J connectivity index is 1.97. The van der Waals surface area contributed by atoms with Crippen LogP contribution in [-0.4, -0.2) is 45.2 Å². The van der Waals surface area contributed by atoms with Crippen LogP contribution in [-0.2, 0) is 21.4 Å². The number of amides is 2. The number of carbonyl (C=O) groups is 2. The molecule has 27 heavy (non-hydrogen) atoms. The van der Waals surface area contributed by atoms with Crippen molar-refractivity contribution in [1.29, 1.82) is 0 Å². The molecule has 0 aliphatic rings. The van der Waals surface area contributed by atoms with Crippen LogP contribution in [0.2, 0.25) is 0 Å². The topological polar surface area (TPSA) is 109 Å². The van der Waals surface area contributed by atoms with E-state index in [0.717, 1.165) is 4.31 Å². The van der Waals surface area contributed by atoms with Crippen LogP contribution in [0.5, 0.6) is 0 Å². The molecule has 2 amide bonds. The summed E-state index contributed by atoms with van der Waals surface area (Å²) >= 11 is 0. The monoisotopic (exact) mass is 393 g/mol. The molecule has 1 heterocycles. The number of hydrogen-bond donors (Lipinski definition) is 2. The minimum absolute atomic E-state index is 0.0296. The standard InChI is InChI=1S/C18H23N3O5S/c1-12-9-15(13(2)26-12)18(23)20-11-17(22)19-10-14-7-5-6-8-16(14)27(24,25)21(3)4/h5-9H,10-11H2,1-4H3,(H,19,22)(H,20,23). The molecular weight excluding hydrogens is 370 g/mol. The van der Waals surface area contributed by atoms with E-state index < -0.39 is 21.8 Å². The van der Waals surface area contributed by atoms with Crippen molar-refractivity contribution in [3.63, 3.8) is 0 Å². The Morgan fingerprint density at radius 1 is 1.11 bits per heavy atom. The molecule has 0 fully saturated rings. The van der Waals surface area contributed by atoms with Gasteiger partial charge >= 0.3 is 0 Å². The maximum absolute atomic E-state index is 12.4. The molecule has 2 rings (SSSR count). The van der Waals surface area contributed by atoms with Gasteiger partial charge in [0.2, 0.25) is 15.9 Å². The van der Waals surface area contributed by atoms with Crippen LogP contribution in [0.3, 0.4) is 0 Å². The lowest BCUT2D eigenvalue weighted by Gasteiger charge is -2.15. The van der Waals surface area contributed by atoms with E-state index in [-0.39, 0.29) is 18.0 Å². The van der Waals surface area contributed by atoms with Gasteiger partial charge in [0.05, 0.1) is 17.0 Å². The fourth-order valence-corrected chi connectivity index (χ4v) is 3.58. The van der Waals surface area contributed by atoms with Crippen LogP contribution in [0.15, 0.2) is 39.6 Å². The molecule has 8 nitrogen and oxygen atoms in total. The number of furan rings is 1. The molecule has 1 aromatic carbocycles. The zero-order valence-corrected chi connectivity index (χ0v) is 16.5. The maximum atomic E-state index is 12.4. The summed E-state index contributed by atoms with van der Waals surface area (Å²) in [6.45, 7) is 3.20. The molecule has 0 aliphatic carbocycles. The van der Waals surface area contributed by atoms with Crippen molar-refractivity contribution >= 4 is 21.8 Å².